The van der Waals surface area contributed by atoms with Crippen LogP contribution in [0, 0.1) is 23.7 Å². The lowest BCUT2D eigenvalue weighted by Gasteiger charge is -2.10. The summed E-state index contributed by atoms with van der Waals surface area (Å²) in [5.74, 6) is 5.35. The monoisotopic (exact) mass is 217 g/mol. The van der Waals surface area contributed by atoms with Crippen molar-refractivity contribution in [2.75, 3.05) is 0 Å². The highest BCUT2D eigenvalue weighted by Crippen LogP contribution is 2.65. The van der Waals surface area contributed by atoms with E-state index >= 15 is 0 Å². The van der Waals surface area contributed by atoms with E-state index in [0.717, 1.165) is 42.1 Å². The zero-order chi connectivity index (χ0) is 10.7. The molecule has 0 spiro atoms. The van der Waals surface area contributed by atoms with Gasteiger partial charge in [-0.15, -0.1) is 0 Å². The summed E-state index contributed by atoms with van der Waals surface area (Å²) in [6.07, 6.45) is 8.46. The molecule has 3 aliphatic rings. The molecule has 0 saturated heterocycles. The van der Waals surface area contributed by atoms with Crippen LogP contribution >= 0.6 is 0 Å². The number of fused-ring (bicyclic) bond motifs is 5. The lowest BCUT2D eigenvalue weighted by Crippen LogP contribution is -2.24. The number of rotatable bonds is 3. The van der Waals surface area contributed by atoms with Gasteiger partial charge in [-0.05, 0) is 42.9 Å². The van der Waals surface area contributed by atoms with Gasteiger partial charge in [0.1, 0.15) is 5.82 Å². The maximum Gasteiger partial charge on any atom is 0.122 e. The first-order valence-electron chi connectivity index (χ1n) is 6.54. The summed E-state index contributed by atoms with van der Waals surface area (Å²) in [6, 6.07) is 0.822. The average molecular weight is 217 g/mol. The highest BCUT2D eigenvalue weighted by molar-refractivity contribution is 5.17. The summed E-state index contributed by atoms with van der Waals surface area (Å²) < 4.78 is 2.11. The van der Waals surface area contributed by atoms with Crippen molar-refractivity contribution in [2.24, 2.45) is 30.7 Å². The number of nitrogens with zero attached hydrogens (tertiary/aromatic N) is 2. The molecule has 3 heteroatoms. The van der Waals surface area contributed by atoms with Crippen molar-refractivity contribution in [3.8, 4) is 0 Å². The predicted molar refractivity (Wildman–Crippen MR) is 61.6 cm³/mol. The molecule has 3 nitrogen and oxygen atoms in total. The van der Waals surface area contributed by atoms with Crippen molar-refractivity contribution >= 4 is 0 Å². The molecule has 1 N–H and O–H groups in total. The Balaban J connectivity index is 1.39. The molecule has 1 heterocycles. The zero-order valence-corrected chi connectivity index (χ0v) is 9.76. The lowest BCUT2D eigenvalue weighted by molar-refractivity contribution is 0.456. The minimum atomic E-state index is 0.822. The topological polar surface area (TPSA) is 29.9 Å². The first kappa shape index (κ1) is 9.23. The van der Waals surface area contributed by atoms with Crippen LogP contribution in [0.15, 0.2) is 12.4 Å². The van der Waals surface area contributed by atoms with Crippen molar-refractivity contribution in [1.29, 1.82) is 0 Å². The molecule has 0 aromatic carbocycles. The molecule has 1 aromatic heterocycles. The van der Waals surface area contributed by atoms with E-state index in [0.29, 0.717) is 0 Å². The second-order valence-corrected chi connectivity index (χ2v) is 5.85. The minimum Gasteiger partial charge on any atom is -0.337 e. The Bertz CT molecular complexity index is 395. The molecule has 2 bridgehead atoms. The summed E-state index contributed by atoms with van der Waals surface area (Å²) in [5, 5.41) is 3.72. The van der Waals surface area contributed by atoms with Gasteiger partial charge in [-0.25, -0.2) is 4.98 Å². The molecule has 0 radical (unpaired) electrons. The van der Waals surface area contributed by atoms with Crippen LogP contribution in [0.1, 0.15) is 25.1 Å². The Labute approximate surface area is 96.3 Å². The van der Waals surface area contributed by atoms with Crippen molar-refractivity contribution in [3.63, 3.8) is 0 Å². The van der Waals surface area contributed by atoms with Gasteiger partial charge in [-0.3, -0.25) is 0 Å². The minimum absolute atomic E-state index is 0.822. The van der Waals surface area contributed by atoms with E-state index in [1.54, 1.807) is 0 Å². The fourth-order valence-corrected chi connectivity index (χ4v) is 4.37. The van der Waals surface area contributed by atoms with E-state index in [9.17, 15) is 0 Å². The van der Waals surface area contributed by atoms with E-state index < -0.39 is 0 Å². The quantitative estimate of drug-likeness (QED) is 0.832. The molecular formula is C13H19N3. The van der Waals surface area contributed by atoms with Gasteiger partial charge in [-0.2, -0.15) is 0 Å². The standard InChI is InChI=1S/C13H19N3/c1-16-5-4-14-10(16)7-15-13-11-8-2-3-9(6-8)12(11)13/h4-5,8-9,11-13,15H,2-3,6-7H2,1H3. The Morgan fingerprint density at radius 1 is 1.38 bits per heavy atom. The van der Waals surface area contributed by atoms with Gasteiger partial charge in [0, 0.05) is 25.5 Å². The molecule has 4 unspecified atom stereocenters. The van der Waals surface area contributed by atoms with Gasteiger partial charge < -0.3 is 9.88 Å². The summed E-state index contributed by atoms with van der Waals surface area (Å²) in [6.45, 7) is 0.945. The van der Waals surface area contributed by atoms with Crippen LogP contribution < -0.4 is 5.32 Å². The van der Waals surface area contributed by atoms with Crippen molar-refractivity contribution in [2.45, 2.75) is 31.8 Å². The number of hydrogen-bond donors (Lipinski definition) is 1. The number of aromatic nitrogens is 2. The molecule has 4 rings (SSSR count). The van der Waals surface area contributed by atoms with Crippen LogP contribution in [0.5, 0.6) is 0 Å². The van der Waals surface area contributed by atoms with Crippen LogP contribution in [0.25, 0.3) is 0 Å². The van der Waals surface area contributed by atoms with Crippen LogP contribution in [0.2, 0.25) is 0 Å². The molecule has 3 aliphatic carbocycles. The number of aryl methyl sites for hydroxylation is 1. The first-order chi connectivity index (χ1) is 7.84. The summed E-state index contributed by atoms with van der Waals surface area (Å²) in [5.41, 5.74) is 0. The Kier molecular flexibility index (Phi) is 1.79. The van der Waals surface area contributed by atoms with Crippen LogP contribution in [-0.4, -0.2) is 15.6 Å². The molecule has 1 aromatic rings. The van der Waals surface area contributed by atoms with Crippen molar-refractivity contribution in [3.05, 3.63) is 18.2 Å². The van der Waals surface area contributed by atoms with Crippen LogP contribution in [0.4, 0.5) is 0 Å². The van der Waals surface area contributed by atoms with Gasteiger partial charge in [0.25, 0.3) is 0 Å². The van der Waals surface area contributed by atoms with Gasteiger partial charge in [0.2, 0.25) is 0 Å². The third-order valence-electron chi connectivity index (χ3n) is 5.15. The Morgan fingerprint density at radius 2 is 2.12 bits per heavy atom. The highest BCUT2D eigenvalue weighted by Gasteiger charge is 2.64. The summed E-state index contributed by atoms with van der Waals surface area (Å²) >= 11 is 0. The second kappa shape index (κ2) is 3.10. The number of nitrogens with one attached hydrogen (secondary N) is 1. The third kappa shape index (κ3) is 1.15. The number of hydrogen-bond acceptors (Lipinski definition) is 2. The van der Waals surface area contributed by atoms with Gasteiger partial charge in [-0.1, -0.05) is 0 Å². The second-order valence-electron chi connectivity index (χ2n) is 5.85. The summed E-state index contributed by atoms with van der Waals surface area (Å²) in [4.78, 5) is 4.36. The fourth-order valence-electron chi connectivity index (χ4n) is 4.37. The maximum atomic E-state index is 4.36. The SMILES string of the molecule is Cn1ccnc1CNC1C2C3CCC(C3)C12. The largest absolute Gasteiger partial charge is 0.337 e. The van der Waals surface area contributed by atoms with Gasteiger partial charge in [0.15, 0.2) is 0 Å². The van der Waals surface area contributed by atoms with E-state index in [2.05, 4.69) is 21.9 Å². The molecule has 16 heavy (non-hydrogen) atoms. The normalized spacial score (nSPS) is 43.7. The molecule has 0 aliphatic heterocycles. The van der Waals surface area contributed by atoms with Crippen molar-refractivity contribution in [1.82, 2.24) is 14.9 Å². The van der Waals surface area contributed by atoms with Crippen molar-refractivity contribution < 1.29 is 0 Å². The van der Waals surface area contributed by atoms with E-state index in [1.807, 2.05) is 12.4 Å². The Morgan fingerprint density at radius 3 is 2.75 bits per heavy atom. The molecule has 3 fully saturated rings. The third-order valence-corrected chi connectivity index (χ3v) is 5.15. The molecule has 86 valence electrons. The molecule has 4 atom stereocenters. The Hall–Kier alpha value is -0.830. The predicted octanol–water partition coefficient (Wildman–Crippen LogP) is 1.55. The molecule has 3 saturated carbocycles. The zero-order valence-electron chi connectivity index (χ0n) is 9.76. The van der Waals surface area contributed by atoms with E-state index in [4.69, 9.17) is 0 Å². The maximum absolute atomic E-state index is 4.36. The molecule has 0 amide bonds. The molecular weight excluding hydrogens is 198 g/mol. The fraction of sp³-hybridized carbons (Fsp3) is 0.769. The van der Waals surface area contributed by atoms with E-state index in [-0.39, 0.29) is 0 Å². The smallest absolute Gasteiger partial charge is 0.122 e. The van der Waals surface area contributed by atoms with Gasteiger partial charge >= 0.3 is 0 Å². The number of imidazole rings is 1. The van der Waals surface area contributed by atoms with E-state index in [1.165, 1.54) is 19.3 Å². The first-order valence-corrected chi connectivity index (χ1v) is 6.54. The van der Waals surface area contributed by atoms with Crippen LogP contribution in [0.3, 0.4) is 0 Å². The average Bonchev–Trinajstić information content (AvgIpc) is 2.70. The van der Waals surface area contributed by atoms with Crippen LogP contribution in [-0.2, 0) is 13.6 Å². The van der Waals surface area contributed by atoms with Gasteiger partial charge in [0.05, 0.1) is 6.54 Å². The highest BCUT2D eigenvalue weighted by atomic mass is 15.1. The summed E-state index contributed by atoms with van der Waals surface area (Å²) in [7, 11) is 2.07. The lowest BCUT2D eigenvalue weighted by atomic mass is 10.0.